The fraction of sp³-hybridized carbons (Fsp3) is 0.478. The van der Waals surface area contributed by atoms with Crippen molar-refractivity contribution in [3.63, 3.8) is 0 Å². The number of anilines is 1. The van der Waals surface area contributed by atoms with Crippen LogP contribution in [0.4, 0.5) is 5.69 Å². The van der Waals surface area contributed by atoms with E-state index in [4.69, 9.17) is 0 Å². The molecule has 2 nitrogen and oxygen atoms in total. The molecule has 2 N–H and O–H groups in total. The van der Waals surface area contributed by atoms with Crippen molar-refractivity contribution in [3.8, 4) is 5.75 Å². The maximum atomic E-state index is 11.1. The number of benzene rings is 2. The second-order valence-electron chi connectivity index (χ2n) is 8.73. The molecule has 4 saturated carbocycles. The number of nitrogens with one attached hydrogen (secondary N) is 1. The average molecular weight is 333 g/mol. The highest BCUT2D eigenvalue weighted by molar-refractivity contribution is 5.49. The van der Waals surface area contributed by atoms with E-state index in [1.54, 1.807) is 0 Å². The molecule has 2 aromatic carbocycles. The van der Waals surface area contributed by atoms with Crippen molar-refractivity contribution in [2.45, 2.75) is 50.5 Å². The van der Waals surface area contributed by atoms with Gasteiger partial charge in [-0.1, -0.05) is 36.4 Å². The van der Waals surface area contributed by atoms with Crippen LogP contribution in [0.5, 0.6) is 5.75 Å². The molecule has 0 atom stereocenters. The van der Waals surface area contributed by atoms with Crippen molar-refractivity contribution < 1.29 is 5.11 Å². The Morgan fingerprint density at radius 3 is 2.12 bits per heavy atom. The third kappa shape index (κ3) is 2.63. The molecule has 0 radical (unpaired) electrons. The van der Waals surface area contributed by atoms with Gasteiger partial charge in [0.1, 0.15) is 5.75 Å². The van der Waals surface area contributed by atoms with E-state index in [2.05, 4.69) is 35.6 Å². The van der Waals surface area contributed by atoms with E-state index in [0.717, 1.165) is 29.0 Å². The number of phenols is 1. The van der Waals surface area contributed by atoms with Crippen molar-refractivity contribution in [1.82, 2.24) is 0 Å². The van der Waals surface area contributed by atoms with E-state index >= 15 is 0 Å². The summed E-state index contributed by atoms with van der Waals surface area (Å²) in [5.41, 5.74) is 3.61. The monoisotopic (exact) mass is 333 g/mol. The zero-order valence-corrected chi connectivity index (χ0v) is 14.7. The Morgan fingerprint density at radius 1 is 0.840 bits per heavy atom. The zero-order valence-electron chi connectivity index (χ0n) is 14.7. The highest BCUT2D eigenvalue weighted by atomic mass is 16.3. The van der Waals surface area contributed by atoms with Crippen LogP contribution in [0.2, 0.25) is 0 Å². The molecule has 2 aromatic rings. The molecule has 0 unspecified atom stereocenters. The predicted molar refractivity (Wildman–Crippen MR) is 102 cm³/mol. The van der Waals surface area contributed by atoms with Gasteiger partial charge in [0.25, 0.3) is 0 Å². The van der Waals surface area contributed by atoms with E-state index in [1.165, 1.54) is 44.1 Å². The lowest BCUT2D eigenvalue weighted by Crippen LogP contribution is -2.48. The van der Waals surface area contributed by atoms with Crippen molar-refractivity contribution in [2.24, 2.45) is 17.8 Å². The summed E-state index contributed by atoms with van der Waals surface area (Å²) in [7, 11) is 0. The van der Waals surface area contributed by atoms with Gasteiger partial charge in [-0.2, -0.15) is 0 Å². The number of aromatic hydroxyl groups is 1. The largest absolute Gasteiger partial charge is 0.507 e. The van der Waals surface area contributed by atoms with Gasteiger partial charge in [0.05, 0.1) is 0 Å². The maximum Gasteiger partial charge on any atom is 0.124 e. The first kappa shape index (κ1) is 15.3. The number of phenolic OH excluding ortho intramolecular Hbond substituents is 1. The Labute approximate surface area is 150 Å². The number of para-hydroxylation sites is 2. The van der Waals surface area contributed by atoms with Gasteiger partial charge < -0.3 is 10.4 Å². The summed E-state index contributed by atoms with van der Waals surface area (Å²) in [6, 6.07) is 16.7. The summed E-state index contributed by atoms with van der Waals surface area (Å²) in [5, 5.41) is 14.5. The summed E-state index contributed by atoms with van der Waals surface area (Å²) in [6.45, 7) is 0.677. The first-order chi connectivity index (χ1) is 12.2. The highest BCUT2D eigenvalue weighted by Gasteiger charge is 2.52. The zero-order chi connectivity index (χ0) is 16.9. The van der Waals surface area contributed by atoms with Crippen LogP contribution in [0.25, 0.3) is 0 Å². The van der Waals surface area contributed by atoms with Crippen molar-refractivity contribution in [2.75, 3.05) is 5.32 Å². The third-order valence-electron chi connectivity index (χ3n) is 6.99. The Hall–Kier alpha value is -1.96. The summed E-state index contributed by atoms with van der Waals surface area (Å²) >= 11 is 0. The normalized spacial score (nSPS) is 32.7. The Kier molecular flexibility index (Phi) is 3.55. The number of hydrogen-bond donors (Lipinski definition) is 2. The third-order valence-corrected chi connectivity index (χ3v) is 6.99. The molecular weight excluding hydrogens is 306 g/mol. The van der Waals surface area contributed by atoms with Crippen molar-refractivity contribution in [3.05, 3.63) is 59.7 Å². The standard InChI is InChI=1S/C23H27NO/c25-22-19(15-24-20-6-2-1-3-7-20)5-4-8-21(22)23-12-16-9-17(13-23)11-18(10-16)14-23/h1-8,16-18,24-25H,9-15H2. The van der Waals surface area contributed by atoms with Gasteiger partial charge in [0, 0.05) is 23.4 Å². The van der Waals surface area contributed by atoms with Crippen LogP contribution < -0.4 is 5.32 Å². The van der Waals surface area contributed by atoms with Gasteiger partial charge in [-0.3, -0.25) is 0 Å². The Bertz CT molecular complexity index is 732. The molecule has 0 amide bonds. The summed E-state index contributed by atoms with van der Waals surface area (Å²) < 4.78 is 0. The van der Waals surface area contributed by atoms with E-state index in [-0.39, 0.29) is 5.41 Å². The van der Waals surface area contributed by atoms with Gasteiger partial charge in [-0.15, -0.1) is 0 Å². The van der Waals surface area contributed by atoms with Crippen LogP contribution in [0, 0.1) is 17.8 Å². The Balaban J connectivity index is 1.43. The molecule has 4 aliphatic rings. The maximum absolute atomic E-state index is 11.1. The molecule has 4 bridgehead atoms. The molecule has 0 saturated heterocycles. The van der Waals surface area contributed by atoms with Crippen LogP contribution in [0.15, 0.2) is 48.5 Å². The second-order valence-corrected chi connectivity index (χ2v) is 8.73. The minimum Gasteiger partial charge on any atom is -0.507 e. The number of rotatable bonds is 4. The SMILES string of the molecule is Oc1c(CNc2ccccc2)cccc1C12CC3CC(CC(C3)C1)C2. The van der Waals surface area contributed by atoms with Crippen LogP contribution in [0.1, 0.15) is 49.7 Å². The molecule has 0 aromatic heterocycles. The van der Waals surface area contributed by atoms with E-state index in [9.17, 15) is 5.11 Å². The molecule has 25 heavy (non-hydrogen) atoms. The molecule has 0 heterocycles. The predicted octanol–water partition coefficient (Wildman–Crippen LogP) is 5.47. The van der Waals surface area contributed by atoms with Crippen LogP contribution in [-0.4, -0.2) is 5.11 Å². The fourth-order valence-electron chi connectivity index (χ4n) is 6.36. The fourth-order valence-corrected chi connectivity index (χ4v) is 6.36. The lowest BCUT2D eigenvalue weighted by Gasteiger charge is -2.57. The van der Waals surface area contributed by atoms with E-state index in [1.807, 2.05) is 18.2 Å². The Morgan fingerprint density at radius 2 is 1.48 bits per heavy atom. The van der Waals surface area contributed by atoms with Gasteiger partial charge in [0.2, 0.25) is 0 Å². The molecule has 0 spiro atoms. The molecule has 4 fully saturated rings. The topological polar surface area (TPSA) is 32.3 Å². The van der Waals surface area contributed by atoms with E-state index < -0.39 is 0 Å². The number of hydrogen-bond acceptors (Lipinski definition) is 2. The van der Waals surface area contributed by atoms with Gasteiger partial charge in [-0.05, 0) is 73.8 Å². The van der Waals surface area contributed by atoms with Gasteiger partial charge in [-0.25, -0.2) is 0 Å². The van der Waals surface area contributed by atoms with Gasteiger partial charge in [0.15, 0.2) is 0 Å². The quantitative estimate of drug-likeness (QED) is 0.777. The second kappa shape index (κ2) is 5.79. The molecule has 6 rings (SSSR count). The van der Waals surface area contributed by atoms with Crippen molar-refractivity contribution >= 4 is 5.69 Å². The smallest absolute Gasteiger partial charge is 0.124 e. The first-order valence-corrected chi connectivity index (χ1v) is 9.82. The van der Waals surface area contributed by atoms with Crippen LogP contribution in [-0.2, 0) is 12.0 Å². The summed E-state index contributed by atoms with van der Waals surface area (Å²) in [4.78, 5) is 0. The molecule has 4 aliphatic carbocycles. The lowest BCUT2D eigenvalue weighted by molar-refractivity contribution is -0.00618. The molecular formula is C23H27NO. The highest BCUT2D eigenvalue weighted by Crippen LogP contribution is 2.61. The lowest BCUT2D eigenvalue weighted by atomic mass is 9.48. The average Bonchev–Trinajstić information content (AvgIpc) is 2.60. The van der Waals surface area contributed by atoms with E-state index in [0.29, 0.717) is 12.3 Å². The minimum absolute atomic E-state index is 0.252. The van der Waals surface area contributed by atoms with Gasteiger partial charge >= 0.3 is 0 Å². The molecule has 0 aliphatic heterocycles. The minimum atomic E-state index is 0.252. The molecule has 130 valence electrons. The molecule has 2 heteroatoms. The summed E-state index contributed by atoms with van der Waals surface area (Å²) in [6.07, 6.45) is 8.20. The van der Waals surface area contributed by atoms with Crippen LogP contribution >= 0.6 is 0 Å². The first-order valence-electron chi connectivity index (χ1n) is 9.82. The van der Waals surface area contributed by atoms with Crippen molar-refractivity contribution in [1.29, 1.82) is 0 Å². The van der Waals surface area contributed by atoms with Crippen LogP contribution in [0.3, 0.4) is 0 Å². The summed E-state index contributed by atoms with van der Waals surface area (Å²) in [5.74, 6) is 3.25.